The second-order valence-electron chi connectivity index (χ2n) is 12.0. The van der Waals surface area contributed by atoms with Crippen molar-refractivity contribution in [2.24, 2.45) is 29.4 Å². The average Bonchev–Trinajstić information content (AvgIpc) is 2.94. The molecular weight excluding hydrogens is 554 g/mol. The van der Waals surface area contributed by atoms with Crippen molar-refractivity contribution in [1.29, 1.82) is 5.26 Å². The fourth-order valence-electron chi connectivity index (χ4n) is 7.08. The number of fused-ring (bicyclic) bond motifs is 3. The molecule has 5 rings (SSSR count). The Morgan fingerprint density at radius 1 is 1.12 bits per heavy atom. The number of benzene rings is 2. The van der Waals surface area contributed by atoms with Gasteiger partial charge < -0.3 is 26.2 Å². The molecule has 43 heavy (non-hydrogen) atoms. The fraction of sp³-hybridized carbons (Fsp3) is 0.419. The third kappa shape index (κ3) is 4.47. The van der Waals surface area contributed by atoms with Crippen LogP contribution in [0, 0.1) is 35.0 Å². The number of aromatic hydroxyl groups is 1. The maximum atomic E-state index is 14.1. The van der Waals surface area contributed by atoms with E-state index in [1.54, 1.807) is 63.4 Å². The number of hydrogen-bond acceptors (Lipinski definition) is 11. The second-order valence-corrected chi connectivity index (χ2v) is 12.0. The molecule has 2 aromatic rings. The molecule has 3 aliphatic rings. The van der Waals surface area contributed by atoms with Crippen LogP contribution in [0.25, 0.3) is 0 Å². The molecule has 0 aromatic heterocycles. The van der Waals surface area contributed by atoms with Gasteiger partial charge in [-0.25, -0.2) is 0 Å². The number of carbonyl (C=O) groups is 5. The second kappa shape index (κ2) is 10.6. The molecule has 5 N–H and O–H groups in total. The van der Waals surface area contributed by atoms with E-state index >= 15 is 0 Å². The van der Waals surface area contributed by atoms with Crippen molar-refractivity contribution < 1.29 is 34.2 Å². The number of aliphatic hydroxyl groups is 1. The number of nitrogens with two attached hydrogens (primary N) is 1. The number of nitrogens with zero attached hydrogens (tertiary/aromatic N) is 3. The minimum atomic E-state index is -2.78. The largest absolute Gasteiger partial charge is 0.505 e. The summed E-state index contributed by atoms with van der Waals surface area (Å²) in [4.78, 5) is 70.3. The summed E-state index contributed by atoms with van der Waals surface area (Å²) in [5.74, 6) is -10.9. The number of likely N-dealkylation sites (N-methyl/N-ethyl adjacent to an activating group) is 1. The Hall–Kier alpha value is -4.60. The standard InChI is InChI=1S/C31H33N5O7/c1-35(2)20-11-19(34-13-15-7-5-14(12-32)6-8-15)25(37)22-17(20)9-16-10-18-24(36(3)4)27(39)23(30(33)42)29(41)31(18,43)28(40)21(16)26(22)38/h5-8,11,16,18,21,23-24,34,37,43H,9-10,13H2,1-4H3,(H2,33,42). The molecule has 0 heterocycles. The van der Waals surface area contributed by atoms with Crippen molar-refractivity contribution >= 4 is 40.4 Å². The molecule has 0 bridgehead atoms. The van der Waals surface area contributed by atoms with Gasteiger partial charge >= 0.3 is 0 Å². The molecule has 1 amide bonds. The quantitative estimate of drug-likeness (QED) is 0.270. The summed E-state index contributed by atoms with van der Waals surface area (Å²) in [5, 5.41) is 35.3. The van der Waals surface area contributed by atoms with Gasteiger partial charge in [-0.05, 0) is 62.2 Å². The van der Waals surface area contributed by atoms with Gasteiger partial charge in [0.1, 0.15) is 5.75 Å². The van der Waals surface area contributed by atoms with E-state index in [2.05, 4.69) is 11.4 Å². The van der Waals surface area contributed by atoms with Gasteiger partial charge in [-0.15, -0.1) is 0 Å². The summed E-state index contributed by atoms with van der Waals surface area (Å²) in [6.45, 7) is 0.258. The molecule has 6 atom stereocenters. The minimum Gasteiger partial charge on any atom is -0.505 e. The molecule has 2 aromatic carbocycles. The van der Waals surface area contributed by atoms with E-state index in [9.17, 15) is 34.2 Å². The normalized spacial score (nSPS) is 28.1. The molecule has 0 radical (unpaired) electrons. The Balaban J connectivity index is 1.58. The number of Topliss-reactive ketones (excluding diaryl/α,β-unsaturated/α-hetero) is 4. The molecule has 12 nitrogen and oxygen atoms in total. The topological polar surface area (TPSA) is 194 Å². The van der Waals surface area contributed by atoms with Crippen LogP contribution in [-0.2, 0) is 32.1 Å². The number of anilines is 2. The first-order valence-electron chi connectivity index (χ1n) is 13.9. The Kier molecular flexibility index (Phi) is 7.36. The Morgan fingerprint density at radius 3 is 2.33 bits per heavy atom. The van der Waals surface area contributed by atoms with E-state index in [1.165, 1.54) is 4.90 Å². The van der Waals surface area contributed by atoms with E-state index in [0.29, 0.717) is 16.8 Å². The van der Waals surface area contributed by atoms with Gasteiger partial charge in [-0.1, -0.05) is 12.1 Å². The summed E-state index contributed by atoms with van der Waals surface area (Å²) in [5.41, 5.74) is 5.21. The van der Waals surface area contributed by atoms with Crippen LogP contribution in [0.4, 0.5) is 11.4 Å². The zero-order valence-electron chi connectivity index (χ0n) is 24.2. The molecule has 3 aliphatic carbocycles. The Morgan fingerprint density at radius 2 is 1.77 bits per heavy atom. The first-order chi connectivity index (χ1) is 20.2. The van der Waals surface area contributed by atoms with Crippen LogP contribution in [0.2, 0.25) is 0 Å². The minimum absolute atomic E-state index is 0.0176. The number of carbonyl (C=O) groups excluding carboxylic acids is 5. The highest BCUT2D eigenvalue weighted by Gasteiger charge is 2.69. The van der Waals surface area contributed by atoms with Gasteiger partial charge in [0.25, 0.3) is 0 Å². The molecule has 2 saturated carbocycles. The molecule has 6 unspecified atom stereocenters. The van der Waals surface area contributed by atoms with Crippen molar-refractivity contribution in [2.75, 3.05) is 38.4 Å². The number of phenolic OH excluding ortho intramolecular Hbond substituents is 1. The van der Waals surface area contributed by atoms with Gasteiger partial charge in [0.2, 0.25) is 5.91 Å². The molecule has 2 fully saturated rings. The van der Waals surface area contributed by atoms with Crippen molar-refractivity contribution in [1.82, 2.24) is 4.90 Å². The van der Waals surface area contributed by atoms with Crippen molar-refractivity contribution in [3.63, 3.8) is 0 Å². The maximum absolute atomic E-state index is 14.1. The van der Waals surface area contributed by atoms with E-state index in [-0.39, 0.29) is 36.4 Å². The highest BCUT2D eigenvalue weighted by molar-refractivity contribution is 6.32. The SMILES string of the molecule is CN(C)c1cc(NCc2ccc(C#N)cc2)c(O)c2c1CC1CC3C(N(C)C)C(=O)C(C(N)=O)C(=O)C3(O)C(=O)C1C2=O. The summed E-state index contributed by atoms with van der Waals surface area (Å²) in [7, 11) is 6.65. The van der Waals surface area contributed by atoms with Crippen LogP contribution >= 0.6 is 0 Å². The van der Waals surface area contributed by atoms with E-state index in [4.69, 9.17) is 11.0 Å². The lowest BCUT2D eigenvalue weighted by Gasteiger charge is -2.52. The number of hydrogen-bond donors (Lipinski definition) is 4. The zero-order chi connectivity index (χ0) is 31.5. The van der Waals surface area contributed by atoms with Crippen LogP contribution in [0.3, 0.4) is 0 Å². The van der Waals surface area contributed by atoms with Crippen LogP contribution in [0.5, 0.6) is 5.75 Å². The highest BCUT2D eigenvalue weighted by Crippen LogP contribution is 2.52. The smallest absolute Gasteiger partial charge is 0.235 e. The maximum Gasteiger partial charge on any atom is 0.235 e. The zero-order valence-corrected chi connectivity index (χ0v) is 24.2. The molecule has 224 valence electrons. The summed E-state index contributed by atoms with van der Waals surface area (Å²) in [6, 6.07) is 9.44. The molecule has 12 heteroatoms. The Bertz CT molecular complexity index is 1610. The number of phenols is 1. The lowest BCUT2D eigenvalue weighted by atomic mass is 9.52. The number of amides is 1. The molecule has 0 spiro atoms. The number of nitriles is 1. The van der Waals surface area contributed by atoms with Gasteiger partial charge in [-0.3, -0.25) is 28.9 Å². The fourth-order valence-corrected chi connectivity index (χ4v) is 7.08. The van der Waals surface area contributed by atoms with Gasteiger partial charge in [0, 0.05) is 32.2 Å². The summed E-state index contributed by atoms with van der Waals surface area (Å²) >= 11 is 0. The van der Waals surface area contributed by atoms with E-state index in [1.807, 2.05) is 0 Å². The molecule has 0 saturated heterocycles. The first-order valence-corrected chi connectivity index (χ1v) is 13.9. The predicted molar refractivity (Wildman–Crippen MR) is 154 cm³/mol. The summed E-state index contributed by atoms with van der Waals surface area (Å²) in [6.07, 6.45) is 0.152. The van der Waals surface area contributed by atoms with Gasteiger partial charge in [0.05, 0.1) is 34.8 Å². The van der Waals surface area contributed by atoms with Crippen molar-refractivity contribution in [3.05, 3.63) is 52.6 Å². The van der Waals surface area contributed by atoms with Crippen LogP contribution < -0.4 is 16.0 Å². The van der Waals surface area contributed by atoms with Crippen molar-refractivity contribution in [2.45, 2.75) is 31.0 Å². The molecular formula is C31H33N5O7. The number of nitrogens with one attached hydrogen (secondary N) is 1. The third-order valence-electron chi connectivity index (χ3n) is 9.09. The lowest BCUT2D eigenvalue weighted by molar-refractivity contribution is -0.181. The first kappa shape index (κ1) is 29.9. The average molecular weight is 588 g/mol. The predicted octanol–water partition coefficient (Wildman–Crippen LogP) is 0.417. The molecule has 0 aliphatic heterocycles. The Labute approximate surface area is 248 Å². The van der Waals surface area contributed by atoms with Crippen LogP contribution in [0.1, 0.15) is 33.5 Å². The monoisotopic (exact) mass is 587 g/mol. The summed E-state index contributed by atoms with van der Waals surface area (Å²) < 4.78 is 0. The van der Waals surface area contributed by atoms with Gasteiger partial charge in [0.15, 0.2) is 34.7 Å². The number of ketones is 4. The van der Waals surface area contributed by atoms with Crippen molar-refractivity contribution in [3.8, 4) is 11.8 Å². The number of rotatable bonds is 6. The third-order valence-corrected chi connectivity index (χ3v) is 9.09. The number of primary amides is 1. The van der Waals surface area contributed by atoms with Crippen LogP contribution in [0.15, 0.2) is 30.3 Å². The lowest BCUT2D eigenvalue weighted by Crippen LogP contribution is -2.74. The highest BCUT2D eigenvalue weighted by atomic mass is 16.3. The van der Waals surface area contributed by atoms with E-state index < -0.39 is 64.4 Å². The van der Waals surface area contributed by atoms with Crippen LogP contribution in [-0.4, -0.2) is 84.0 Å². The van der Waals surface area contributed by atoms with Gasteiger partial charge in [-0.2, -0.15) is 5.26 Å². The van der Waals surface area contributed by atoms with E-state index in [0.717, 1.165) is 5.56 Å².